The predicted octanol–water partition coefficient (Wildman–Crippen LogP) is 5.60. The summed E-state index contributed by atoms with van der Waals surface area (Å²) in [5.74, 6) is 0. The maximum atomic E-state index is 13.1. The molecule has 34 heavy (non-hydrogen) atoms. The van der Waals surface area contributed by atoms with Gasteiger partial charge in [0.25, 0.3) is 0 Å². The molecule has 0 unspecified atom stereocenters. The number of nitrogens with zero attached hydrogens (tertiary/aromatic N) is 1. The van der Waals surface area contributed by atoms with Crippen LogP contribution < -0.4 is 10.8 Å². The quantitative estimate of drug-likeness (QED) is 0.552. The van der Waals surface area contributed by atoms with Crippen LogP contribution in [0.5, 0.6) is 0 Å². The fourth-order valence-electron chi connectivity index (χ4n) is 3.75. The monoisotopic (exact) mass is 487 g/mol. The molecule has 1 spiro atoms. The van der Waals surface area contributed by atoms with Gasteiger partial charge in [-0.05, 0) is 48.7 Å². The Morgan fingerprint density at radius 3 is 2.24 bits per heavy atom. The summed E-state index contributed by atoms with van der Waals surface area (Å²) in [5, 5.41) is 3.42. The largest absolute Gasteiger partial charge is 0.430 e. The molecule has 0 atom stereocenters. The molecule has 2 aliphatic rings. The molecule has 1 saturated heterocycles. The SMILES string of the molecule is O=C(Nc1ccccc1C(F)(F)F)ON1CCC2(C=C(c3ccc(C(F)(F)F)cc3)NO2)CC1. The molecule has 2 aromatic carbocycles. The smallest absolute Gasteiger partial charge is 0.351 e. The van der Waals surface area contributed by atoms with Crippen molar-refractivity contribution in [1.29, 1.82) is 0 Å². The molecular formula is C22H19F6N3O3. The van der Waals surface area contributed by atoms with Crippen molar-refractivity contribution in [2.24, 2.45) is 0 Å². The van der Waals surface area contributed by atoms with Gasteiger partial charge in [-0.25, -0.2) is 4.79 Å². The molecule has 182 valence electrons. The molecular weight excluding hydrogens is 468 g/mol. The number of benzene rings is 2. The zero-order chi connectivity index (χ0) is 24.6. The van der Waals surface area contributed by atoms with Crippen molar-refractivity contribution >= 4 is 17.5 Å². The van der Waals surface area contributed by atoms with Gasteiger partial charge in [0.1, 0.15) is 5.60 Å². The van der Waals surface area contributed by atoms with E-state index in [9.17, 15) is 31.1 Å². The van der Waals surface area contributed by atoms with Crippen molar-refractivity contribution in [3.8, 4) is 0 Å². The number of hydrogen-bond acceptors (Lipinski definition) is 5. The molecule has 6 nitrogen and oxygen atoms in total. The van der Waals surface area contributed by atoms with Gasteiger partial charge in [-0.1, -0.05) is 24.3 Å². The Balaban J connectivity index is 1.34. The van der Waals surface area contributed by atoms with Gasteiger partial charge in [-0.3, -0.25) is 15.6 Å². The molecule has 0 radical (unpaired) electrons. The molecule has 0 saturated carbocycles. The highest BCUT2D eigenvalue weighted by Crippen LogP contribution is 2.37. The van der Waals surface area contributed by atoms with Gasteiger partial charge in [0, 0.05) is 13.1 Å². The first kappa shape index (κ1) is 23.9. The molecule has 2 aromatic rings. The molecule has 4 rings (SSSR count). The van der Waals surface area contributed by atoms with Crippen molar-refractivity contribution < 1.29 is 40.8 Å². The number of halogens is 6. The van der Waals surface area contributed by atoms with E-state index in [-0.39, 0.29) is 13.1 Å². The van der Waals surface area contributed by atoms with Gasteiger partial charge in [-0.15, -0.1) is 5.06 Å². The first-order valence-corrected chi connectivity index (χ1v) is 10.2. The molecule has 1 fully saturated rings. The minimum atomic E-state index is -4.63. The lowest BCUT2D eigenvalue weighted by atomic mass is 9.91. The van der Waals surface area contributed by atoms with E-state index >= 15 is 0 Å². The average molecular weight is 487 g/mol. The first-order valence-electron chi connectivity index (χ1n) is 10.2. The number of hydrogen-bond donors (Lipinski definition) is 2. The maximum Gasteiger partial charge on any atom is 0.430 e. The number of nitrogens with one attached hydrogen (secondary N) is 2. The van der Waals surface area contributed by atoms with Crippen molar-refractivity contribution in [3.63, 3.8) is 0 Å². The van der Waals surface area contributed by atoms with Crippen LogP contribution in [0.3, 0.4) is 0 Å². The van der Waals surface area contributed by atoms with E-state index < -0.39 is 40.9 Å². The highest BCUT2D eigenvalue weighted by atomic mass is 19.4. The van der Waals surface area contributed by atoms with Crippen LogP contribution in [0.2, 0.25) is 0 Å². The van der Waals surface area contributed by atoms with Crippen molar-refractivity contribution in [1.82, 2.24) is 10.5 Å². The van der Waals surface area contributed by atoms with Crippen LogP contribution in [-0.4, -0.2) is 29.8 Å². The van der Waals surface area contributed by atoms with E-state index in [1.807, 2.05) is 0 Å². The first-order chi connectivity index (χ1) is 16.0. The number of carbonyl (C=O) groups is 1. The lowest BCUT2D eigenvalue weighted by Crippen LogP contribution is -2.45. The number of anilines is 1. The third kappa shape index (κ3) is 5.28. The van der Waals surface area contributed by atoms with Crippen LogP contribution in [0, 0.1) is 0 Å². The van der Waals surface area contributed by atoms with Crippen LogP contribution in [0.1, 0.15) is 29.5 Å². The normalized spacial score (nSPS) is 18.4. The zero-order valence-corrected chi connectivity index (χ0v) is 17.5. The summed E-state index contributed by atoms with van der Waals surface area (Å²) >= 11 is 0. The van der Waals surface area contributed by atoms with Crippen LogP contribution in [-0.2, 0) is 22.0 Å². The zero-order valence-electron chi connectivity index (χ0n) is 17.5. The van der Waals surface area contributed by atoms with E-state index in [0.717, 1.165) is 24.3 Å². The van der Waals surface area contributed by atoms with E-state index in [4.69, 9.17) is 9.68 Å². The van der Waals surface area contributed by atoms with Crippen LogP contribution in [0.25, 0.3) is 5.70 Å². The number of para-hydroxylation sites is 1. The standard InChI is InChI=1S/C22H19F6N3O3/c23-21(24,25)15-7-5-14(6-8-15)18-13-20(34-30-18)9-11-31(12-10-20)33-19(32)29-17-4-2-1-3-16(17)22(26,27)28/h1-8,13,30H,9-12H2,(H,29,32). The summed E-state index contributed by atoms with van der Waals surface area (Å²) in [4.78, 5) is 22.9. The van der Waals surface area contributed by atoms with E-state index in [2.05, 4.69) is 10.8 Å². The van der Waals surface area contributed by atoms with Gasteiger partial charge in [0.15, 0.2) is 0 Å². The molecule has 1 amide bonds. The minimum absolute atomic E-state index is 0.229. The van der Waals surface area contributed by atoms with Crippen molar-refractivity contribution in [2.75, 3.05) is 18.4 Å². The molecule has 12 heteroatoms. The Bertz CT molecular complexity index is 1070. The molecule has 0 bridgehead atoms. The summed E-state index contributed by atoms with van der Waals surface area (Å²) < 4.78 is 77.5. The topological polar surface area (TPSA) is 62.8 Å². The predicted molar refractivity (Wildman–Crippen MR) is 109 cm³/mol. The van der Waals surface area contributed by atoms with E-state index in [1.54, 1.807) is 6.08 Å². The summed E-state index contributed by atoms with van der Waals surface area (Å²) in [6, 6.07) is 9.19. The molecule has 2 N–H and O–H groups in total. The second-order valence-electron chi connectivity index (χ2n) is 7.88. The van der Waals surface area contributed by atoms with E-state index in [0.29, 0.717) is 24.1 Å². The number of rotatable bonds is 3. The molecule has 0 aromatic heterocycles. The Kier molecular flexibility index (Phi) is 6.21. The van der Waals surface area contributed by atoms with Crippen molar-refractivity contribution in [2.45, 2.75) is 30.8 Å². The van der Waals surface area contributed by atoms with Gasteiger partial charge < -0.3 is 4.84 Å². The average Bonchev–Trinajstić information content (AvgIpc) is 3.18. The van der Waals surface area contributed by atoms with Crippen molar-refractivity contribution in [3.05, 3.63) is 71.3 Å². The number of carbonyl (C=O) groups excluding carboxylic acids is 1. The van der Waals surface area contributed by atoms with E-state index in [1.165, 1.54) is 29.3 Å². The third-order valence-electron chi connectivity index (χ3n) is 5.54. The summed E-state index contributed by atoms with van der Waals surface area (Å²) in [5.41, 5.74) is 0.857. The Labute approximate surface area is 190 Å². The number of amides is 1. The van der Waals surface area contributed by atoms with Crippen LogP contribution >= 0.6 is 0 Å². The molecule has 2 aliphatic heterocycles. The highest BCUT2D eigenvalue weighted by molar-refractivity contribution is 5.85. The Morgan fingerprint density at radius 2 is 1.62 bits per heavy atom. The number of piperidine rings is 1. The van der Waals surface area contributed by atoms with Crippen LogP contribution in [0.4, 0.5) is 36.8 Å². The Morgan fingerprint density at radius 1 is 0.971 bits per heavy atom. The van der Waals surface area contributed by atoms with Gasteiger partial charge in [0.05, 0.1) is 22.5 Å². The number of alkyl halides is 6. The number of hydroxylamine groups is 3. The lowest BCUT2D eigenvalue weighted by molar-refractivity contribution is -0.153. The van der Waals surface area contributed by atoms with Gasteiger partial charge in [-0.2, -0.15) is 26.3 Å². The second kappa shape index (κ2) is 8.84. The lowest BCUT2D eigenvalue weighted by Gasteiger charge is -2.35. The molecule has 0 aliphatic carbocycles. The summed E-state index contributed by atoms with van der Waals surface area (Å²) in [7, 11) is 0. The molecule has 2 heterocycles. The minimum Gasteiger partial charge on any atom is -0.351 e. The maximum absolute atomic E-state index is 13.1. The second-order valence-corrected chi connectivity index (χ2v) is 7.88. The van der Waals surface area contributed by atoms with Gasteiger partial charge >= 0.3 is 18.4 Å². The van der Waals surface area contributed by atoms with Crippen LogP contribution in [0.15, 0.2) is 54.6 Å². The third-order valence-corrected chi connectivity index (χ3v) is 5.54. The summed E-state index contributed by atoms with van der Waals surface area (Å²) in [6.45, 7) is 0.458. The summed E-state index contributed by atoms with van der Waals surface area (Å²) in [6.07, 6.45) is -7.61. The fraction of sp³-hybridized carbons (Fsp3) is 0.318. The van der Waals surface area contributed by atoms with Gasteiger partial charge in [0.2, 0.25) is 0 Å². The highest BCUT2D eigenvalue weighted by Gasteiger charge is 2.40. The fourth-order valence-corrected chi connectivity index (χ4v) is 3.75. The Hall–Kier alpha value is -3.25.